The molecular weight excluding hydrogens is 388 g/mol. The average Bonchev–Trinajstić information content (AvgIpc) is 2.76. The van der Waals surface area contributed by atoms with E-state index in [0.29, 0.717) is 0 Å². The Bertz CT molecular complexity index is 813. The summed E-state index contributed by atoms with van der Waals surface area (Å²) in [6.07, 6.45) is -0.743. The fourth-order valence-corrected chi connectivity index (χ4v) is 2.55. The van der Waals surface area contributed by atoms with Gasteiger partial charge in [-0.1, -0.05) is 60.7 Å². The molecule has 160 valence electrons. The Hall–Kier alpha value is -3.39. The van der Waals surface area contributed by atoms with E-state index in [0.717, 1.165) is 11.1 Å². The number of ether oxygens (including phenoxy) is 2. The highest BCUT2D eigenvalue weighted by atomic mass is 16.5. The summed E-state index contributed by atoms with van der Waals surface area (Å²) in [4.78, 5) is 35.3. The molecule has 2 rings (SSSR count). The second-order valence-corrected chi connectivity index (χ2v) is 6.65. The highest BCUT2D eigenvalue weighted by Crippen LogP contribution is 2.03. The summed E-state index contributed by atoms with van der Waals surface area (Å²) in [6.45, 7) is 2.03. The molecule has 0 saturated heterocycles. The summed E-state index contributed by atoms with van der Waals surface area (Å²) in [7, 11) is 0. The van der Waals surface area contributed by atoms with Crippen molar-refractivity contribution in [2.45, 2.75) is 38.6 Å². The summed E-state index contributed by atoms with van der Waals surface area (Å²) >= 11 is 0. The fourth-order valence-electron chi connectivity index (χ4n) is 2.55. The maximum atomic E-state index is 12.0. The van der Waals surface area contributed by atoms with E-state index >= 15 is 0 Å². The second kappa shape index (κ2) is 12.2. The number of hydrogen-bond acceptors (Lipinski definition) is 6. The first kappa shape index (κ1) is 22.9. The molecule has 3 N–H and O–H groups in total. The number of aliphatic carboxylic acids is 1. The lowest BCUT2D eigenvalue weighted by molar-refractivity contribution is -0.147. The maximum absolute atomic E-state index is 12.0. The van der Waals surface area contributed by atoms with Crippen LogP contribution in [0.5, 0.6) is 0 Å². The van der Waals surface area contributed by atoms with Crippen LogP contribution in [0.2, 0.25) is 0 Å². The molecule has 0 aromatic heterocycles. The molecule has 0 saturated carbocycles. The molecule has 0 aliphatic rings. The van der Waals surface area contributed by atoms with Crippen LogP contribution in [-0.4, -0.2) is 41.8 Å². The van der Waals surface area contributed by atoms with Crippen LogP contribution >= 0.6 is 0 Å². The van der Waals surface area contributed by atoms with Gasteiger partial charge in [-0.15, -0.1) is 0 Å². The predicted molar refractivity (Wildman–Crippen MR) is 110 cm³/mol. The predicted octanol–water partition coefficient (Wildman–Crippen LogP) is 2.48. The molecule has 0 radical (unpaired) electrons. The molecule has 0 spiro atoms. The van der Waals surface area contributed by atoms with Gasteiger partial charge < -0.3 is 25.2 Å². The molecule has 2 aromatic carbocycles. The molecule has 30 heavy (non-hydrogen) atoms. The number of alkyl carbamates (subject to hydrolysis) is 1. The Morgan fingerprint density at radius 1 is 0.900 bits per heavy atom. The smallest absolute Gasteiger partial charge is 0.408 e. The van der Waals surface area contributed by atoms with E-state index in [2.05, 4.69) is 10.6 Å². The number of hydrogen-bond donors (Lipinski definition) is 3. The molecule has 2 aromatic rings. The number of nitrogens with one attached hydrogen (secondary N) is 2. The van der Waals surface area contributed by atoms with Gasteiger partial charge in [0.2, 0.25) is 0 Å². The van der Waals surface area contributed by atoms with Crippen LogP contribution in [0.15, 0.2) is 60.7 Å². The van der Waals surface area contributed by atoms with Crippen LogP contribution in [0.4, 0.5) is 4.79 Å². The normalized spacial score (nSPS) is 12.4. The van der Waals surface area contributed by atoms with Crippen molar-refractivity contribution in [1.29, 1.82) is 0 Å². The van der Waals surface area contributed by atoms with Crippen molar-refractivity contribution in [1.82, 2.24) is 10.6 Å². The van der Waals surface area contributed by atoms with E-state index in [1.165, 1.54) is 0 Å². The van der Waals surface area contributed by atoms with Crippen molar-refractivity contribution < 1.29 is 29.0 Å². The summed E-state index contributed by atoms with van der Waals surface area (Å²) in [6, 6.07) is 16.6. The molecule has 2 unspecified atom stereocenters. The van der Waals surface area contributed by atoms with Crippen molar-refractivity contribution in [3.63, 3.8) is 0 Å². The van der Waals surface area contributed by atoms with Gasteiger partial charge in [0, 0.05) is 0 Å². The minimum absolute atomic E-state index is 0.0432. The van der Waals surface area contributed by atoms with Gasteiger partial charge in [0.1, 0.15) is 25.3 Å². The largest absolute Gasteiger partial charge is 0.480 e. The summed E-state index contributed by atoms with van der Waals surface area (Å²) in [5.74, 6) is -1.63. The average molecular weight is 414 g/mol. The van der Waals surface area contributed by atoms with Gasteiger partial charge in [0.15, 0.2) is 0 Å². The SMILES string of the molecule is CC(NCCC(NC(=O)OCc1ccccc1)C(=O)O)C(=O)OCc1ccccc1. The van der Waals surface area contributed by atoms with Gasteiger partial charge >= 0.3 is 18.0 Å². The molecule has 1 amide bonds. The highest BCUT2D eigenvalue weighted by Gasteiger charge is 2.21. The third-order valence-corrected chi connectivity index (χ3v) is 4.26. The highest BCUT2D eigenvalue weighted by molar-refractivity contribution is 5.80. The topological polar surface area (TPSA) is 114 Å². The van der Waals surface area contributed by atoms with Gasteiger partial charge in [-0.2, -0.15) is 0 Å². The Labute approximate surface area is 175 Å². The first-order valence-corrected chi connectivity index (χ1v) is 9.59. The third kappa shape index (κ3) is 8.32. The van der Waals surface area contributed by atoms with Crippen LogP contribution in [0.25, 0.3) is 0 Å². The zero-order valence-corrected chi connectivity index (χ0v) is 16.7. The van der Waals surface area contributed by atoms with Crippen molar-refractivity contribution in [3.05, 3.63) is 71.8 Å². The second-order valence-electron chi connectivity index (χ2n) is 6.65. The van der Waals surface area contributed by atoms with E-state index in [9.17, 15) is 19.5 Å². The van der Waals surface area contributed by atoms with Crippen LogP contribution in [0, 0.1) is 0 Å². The lowest BCUT2D eigenvalue weighted by Gasteiger charge is -2.17. The fraction of sp³-hybridized carbons (Fsp3) is 0.318. The molecular formula is C22H26N2O6. The quantitative estimate of drug-likeness (QED) is 0.484. The summed E-state index contributed by atoms with van der Waals surface area (Å²) < 4.78 is 10.3. The monoisotopic (exact) mass is 414 g/mol. The molecule has 8 heteroatoms. The lowest BCUT2D eigenvalue weighted by Crippen LogP contribution is -2.44. The summed E-state index contributed by atoms with van der Waals surface area (Å²) in [5.41, 5.74) is 1.67. The Morgan fingerprint density at radius 2 is 1.43 bits per heavy atom. The number of carboxylic acid groups (broad SMARTS) is 1. The van der Waals surface area contributed by atoms with Crippen molar-refractivity contribution in [2.75, 3.05) is 6.54 Å². The Balaban J connectivity index is 1.69. The van der Waals surface area contributed by atoms with Crippen LogP contribution in [0.3, 0.4) is 0 Å². The van der Waals surface area contributed by atoms with Gasteiger partial charge in [-0.05, 0) is 31.0 Å². The van der Waals surface area contributed by atoms with Crippen molar-refractivity contribution in [3.8, 4) is 0 Å². The van der Waals surface area contributed by atoms with Gasteiger partial charge in [-0.25, -0.2) is 9.59 Å². The Kier molecular flexibility index (Phi) is 9.33. The zero-order chi connectivity index (χ0) is 21.8. The standard InChI is InChI=1S/C22H26N2O6/c1-16(21(27)29-14-17-8-4-2-5-9-17)23-13-12-19(20(25)26)24-22(28)30-15-18-10-6-3-7-11-18/h2-11,16,19,23H,12-15H2,1H3,(H,24,28)(H,25,26). The summed E-state index contributed by atoms with van der Waals surface area (Å²) in [5, 5.41) is 14.5. The third-order valence-electron chi connectivity index (χ3n) is 4.26. The van der Waals surface area contributed by atoms with Crippen LogP contribution < -0.4 is 10.6 Å². The number of amides is 1. The van der Waals surface area contributed by atoms with E-state index < -0.39 is 30.1 Å². The number of carbonyl (C=O) groups excluding carboxylic acids is 2. The van der Waals surface area contributed by atoms with Crippen LogP contribution in [0.1, 0.15) is 24.5 Å². The van der Waals surface area contributed by atoms with E-state index in [1.54, 1.807) is 19.1 Å². The number of carbonyl (C=O) groups is 3. The maximum Gasteiger partial charge on any atom is 0.408 e. The first-order valence-electron chi connectivity index (χ1n) is 9.59. The molecule has 0 bridgehead atoms. The van der Waals surface area contributed by atoms with Crippen molar-refractivity contribution in [2.24, 2.45) is 0 Å². The number of rotatable bonds is 11. The van der Waals surface area contributed by atoms with E-state index in [4.69, 9.17) is 9.47 Å². The van der Waals surface area contributed by atoms with Gasteiger partial charge in [0.25, 0.3) is 0 Å². The molecule has 2 atom stereocenters. The Morgan fingerprint density at radius 3 is 1.97 bits per heavy atom. The number of esters is 1. The minimum Gasteiger partial charge on any atom is -0.480 e. The molecule has 0 aliphatic carbocycles. The van der Waals surface area contributed by atoms with Crippen LogP contribution in [-0.2, 0) is 32.3 Å². The van der Waals surface area contributed by atoms with Crippen molar-refractivity contribution >= 4 is 18.0 Å². The zero-order valence-electron chi connectivity index (χ0n) is 16.7. The number of benzene rings is 2. The molecule has 0 aliphatic heterocycles. The van der Waals surface area contributed by atoms with E-state index in [-0.39, 0.29) is 26.2 Å². The van der Waals surface area contributed by atoms with Gasteiger partial charge in [-0.3, -0.25) is 4.79 Å². The molecule has 0 heterocycles. The first-order chi connectivity index (χ1) is 14.5. The van der Waals surface area contributed by atoms with E-state index in [1.807, 2.05) is 48.5 Å². The molecule has 0 fully saturated rings. The lowest BCUT2D eigenvalue weighted by atomic mass is 10.2. The van der Waals surface area contributed by atoms with Gasteiger partial charge in [0.05, 0.1) is 0 Å². The number of carboxylic acids is 1. The minimum atomic E-state index is -1.19. The molecule has 8 nitrogen and oxygen atoms in total.